The lowest BCUT2D eigenvalue weighted by atomic mass is 9.88. The van der Waals surface area contributed by atoms with Crippen LogP contribution in [0.3, 0.4) is 0 Å². The third kappa shape index (κ3) is 4.50. The summed E-state index contributed by atoms with van der Waals surface area (Å²) in [5.74, 6) is -0.259. The summed E-state index contributed by atoms with van der Waals surface area (Å²) in [4.78, 5) is 13.0. The van der Waals surface area contributed by atoms with Crippen LogP contribution in [0.1, 0.15) is 48.9 Å². The lowest BCUT2D eigenvalue weighted by Crippen LogP contribution is -2.34. The topological polar surface area (TPSA) is 29.5 Å². The molecule has 0 unspecified atom stereocenters. The molecule has 2 aliphatic rings. The Bertz CT molecular complexity index is 710. The molecule has 3 nitrogen and oxygen atoms in total. The number of amides is 1. The van der Waals surface area contributed by atoms with E-state index in [2.05, 4.69) is 13.0 Å². The van der Waals surface area contributed by atoms with Crippen molar-refractivity contribution in [1.82, 2.24) is 4.90 Å². The number of ether oxygens (including phenoxy) is 1. The highest BCUT2D eigenvalue weighted by Crippen LogP contribution is 2.34. The van der Waals surface area contributed by atoms with Gasteiger partial charge in [0.25, 0.3) is 0 Å². The van der Waals surface area contributed by atoms with Gasteiger partial charge in [0.05, 0.1) is 12.1 Å². The van der Waals surface area contributed by atoms with Crippen LogP contribution < -0.4 is 0 Å². The summed E-state index contributed by atoms with van der Waals surface area (Å²) in [6.07, 6.45) is 6.18. The van der Waals surface area contributed by atoms with Crippen molar-refractivity contribution in [2.24, 2.45) is 0 Å². The van der Waals surface area contributed by atoms with Crippen molar-refractivity contribution in [2.45, 2.75) is 44.8 Å². The van der Waals surface area contributed by atoms with Crippen molar-refractivity contribution in [3.63, 3.8) is 0 Å². The van der Waals surface area contributed by atoms with Gasteiger partial charge in [-0.1, -0.05) is 36.4 Å². The molecule has 1 fully saturated rings. The average Bonchev–Trinajstić information content (AvgIpc) is 2.69. The van der Waals surface area contributed by atoms with E-state index in [-0.39, 0.29) is 11.9 Å². The summed E-state index contributed by atoms with van der Waals surface area (Å²) in [7, 11) is 0. The monoisotopic (exact) mass is 355 g/mol. The first kappa shape index (κ1) is 18.6. The summed E-state index contributed by atoms with van der Waals surface area (Å²) in [6.45, 7) is 3.82. The number of hydrogen-bond acceptors (Lipinski definition) is 2. The van der Waals surface area contributed by atoms with Crippen molar-refractivity contribution in [1.29, 1.82) is 0 Å². The van der Waals surface area contributed by atoms with Gasteiger partial charge < -0.3 is 9.64 Å². The van der Waals surface area contributed by atoms with Crippen molar-refractivity contribution >= 4 is 6.41 Å². The van der Waals surface area contributed by atoms with Crippen molar-refractivity contribution < 1.29 is 13.9 Å². The summed E-state index contributed by atoms with van der Waals surface area (Å²) < 4.78 is 18.3. The maximum Gasteiger partial charge on any atom is 0.210 e. The molecular weight excluding hydrogens is 329 g/mol. The van der Waals surface area contributed by atoms with Gasteiger partial charge in [-0.05, 0) is 61.4 Å². The Balaban J connectivity index is 0.000000236. The summed E-state index contributed by atoms with van der Waals surface area (Å²) in [6, 6.07) is 14.4. The smallest absolute Gasteiger partial charge is 0.210 e. The van der Waals surface area contributed by atoms with E-state index in [0.717, 1.165) is 30.6 Å². The number of nitrogens with zero attached hydrogens (tertiary/aromatic N) is 1. The van der Waals surface area contributed by atoms with E-state index in [1.165, 1.54) is 37.0 Å². The lowest BCUT2D eigenvalue weighted by molar-refractivity contribution is -0.119. The van der Waals surface area contributed by atoms with Crippen LogP contribution >= 0.6 is 0 Å². The molecule has 2 aromatic rings. The fourth-order valence-corrected chi connectivity index (χ4v) is 3.62. The predicted molar refractivity (Wildman–Crippen MR) is 100 cm³/mol. The van der Waals surface area contributed by atoms with Crippen LogP contribution in [0.15, 0.2) is 48.5 Å². The molecule has 4 rings (SSSR count). The van der Waals surface area contributed by atoms with Gasteiger partial charge in [-0.15, -0.1) is 0 Å². The molecule has 0 N–H and O–H groups in total. The van der Waals surface area contributed by atoms with E-state index in [1.807, 2.05) is 18.2 Å². The molecule has 2 heterocycles. The predicted octanol–water partition coefficient (Wildman–Crippen LogP) is 4.51. The van der Waals surface area contributed by atoms with Crippen LogP contribution in [-0.4, -0.2) is 30.6 Å². The van der Waals surface area contributed by atoms with Crippen LogP contribution in [0.25, 0.3) is 0 Å². The van der Waals surface area contributed by atoms with Crippen LogP contribution in [0.4, 0.5) is 4.39 Å². The molecule has 2 aromatic carbocycles. The molecule has 2 aliphatic heterocycles. The van der Waals surface area contributed by atoms with Crippen molar-refractivity contribution in [3.05, 3.63) is 71.0 Å². The second-order valence-corrected chi connectivity index (χ2v) is 6.92. The number of benzene rings is 2. The molecule has 0 radical (unpaired) electrons. The van der Waals surface area contributed by atoms with Gasteiger partial charge in [-0.25, -0.2) is 4.39 Å². The van der Waals surface area contributed by atoms with E-state index in [4.69, 9.17) is 4.74 Å². The van der Waals surface area contributed by atoms with Crippen LogP contribution in [0, 0.1) is 5.82 Å². The Hall–Kier alpha value is -2.20. The number of hydrogen-bond donors (Lipinski definition) is 0. The zero-order chi connectivity index (χ0) is 18.4. The molecule has 1 amide bonds. The summed E-state index contributed by atoms with van der Waals surface area (Å²) >= 11 is 0. The first-order valence-corrected chi connectivity index (χ1v) is 9.35. The molecule has 0 bridgehead atoms. The fourth-order valence-electron chi connectivity index (χ4n) is 3.62. The summed E-state index contributed by atoms with van der Waals surface area (Å²) in [5.41, 5.74) is 3.34. The SMILES string of the molecule is C[C@H]1CCCCO1.O=CN1CCc2ccccc2[C@@H]1c1ccc(F)cc1. The second-order valence-electron chi connectivity index (χ2n) is 6.92. The molecule has 0 spiro atoms. The van der Waals surface area contributed by atoms with Crippen LogP contribution in [0.2, 0.25) is 0 Å². The molecule has 0 aliphatic carbocycles. The van der Waals surface area contributed by atoms with Gasteiger partial charge in [0.1, 0.15) is 5.82 Å². The third-order valence-corrected chi connectivity index (χ3v) is 5.05. The molecule has 26 heavy (non-hydrogen) atoms. The molecule has 4 heteroatoms. The minimum absolute atomic E-state index is 0.108. The van der Waals surface area contributed by atoms with E-state index in [9.17, 15) is 9.18 Å². The third-order valence-electron chi connectivity index (χ3n) is 5.05. The molecule has 0 saturated carbocycles. The van der Waals surface area contributed by atoms with Gasteiger partial charge in [0, 0.05) is 13.2 Å². The normalized spacial score (nSPS) is 22.0. The molecular formula is C22H26FNO2. The Morgan fingerprint density at radius 3 is 2.50 bits per heavy atom. The van der Waals surface area contributed by atoms with Crippen LogP contribution in [0.5, 0.6) is 0 Å². The second kappa shape index (κ2) is 8.95. The Morgan fingerprint density at radius 2 is 1.88 bits per heavy atom. The largest absolute Gasteiger partial charge is 0.379 e. The zero-order valence-corrected chi connectivity index (χ0v) is 15.2. The number of fused-ring (bicyclic) bond motifs is 1. The highest BCUT2D eigenvalue weighted by molar-refractivity contribution is 5.54. The quantitative estimate of drug-likeness (QED) is 0.742. The van der Waals surface area contributed by atoms with E-state index >= 15 is 0 Å². The van der Waals surface area contributed by atoms with Gasteiger partial charge >= 0.3 is 0 Å². The van der Waals surface area contributed by atoms with Gasteiger partial charge in [0.15, 0.2) is 0 Å². The van der Waals surface area contributed by atoms with E-state index in [1.54, 1.807) is 17.0 Å². The van der Waals surface area contributed by atoms with Gasteiger partial charge in [0.2, 0.25) is 6.41 Å². The maximum atomic E-state index is 13.0. The summed E-state index contributed by atoms with van der Waals surface area (Å²) in [5, 5.41) is 0. The van der Waals surface area contributed by atoms with Crippen molar-refractivity contribution in [2.75, 3.05) is 13.2 Å². The van der Waals surface area contributed by atoms with Crippen molar-refractivity contribution in [3.8, 4) is 0 Å². The van der Waals surface area contributed by atoms with E-state index in [0.29, 0.717) is 12.6 Å². The highest BCUT2D eigenvalue weighted by Gasteiger charge is 2.27. The van der Waals surface area contributed by atoms with Gasteiger partial charge in [-0.2, -0.15) is 0 Å². The number of rotatable bonds is 2. The standard InChI is InChI=1S/C16H14FNO.C6H12O/c17-14-7-5-13(6-8-14)16-15-4-2-1-3-12(15)9-10-18(16)11-19;1-6-4-2-3-5-7-6/h1-8,11,16H,9-10H2;6H,2-5H2,1H3/t16-;6-/m00/s1. The number of carbonyl (C=O) groups is 1. The number of carbonyl (C=O) groups excluding carboxylic acids is 1. The van der Waals surface area contributed by atoms with Crippen LogP contribution in [-0.2, 0) is 16.0 Å². The molecule has 138 valence electrons. The Morgan fingerprint density at radius 1 is 1.12 bits per heavy atom. The minimum atomic E-state index is -0.259. The Kier molecular flexibility index (Phi) is 6.40. The minimum Gasteiger partial charge on any atom is -0.379 e. The fraction of sp³-hybridized carbons (Fsp3) is 0.409. The number of halogens is 1. The first-order valence-electron chi connectivity index (χ1n) is 9.35. The van der Waals surface area contributed by atoms with E-state index < -0.39 is 0 Å². The maximum absolute atomic E-state index is 13.0. The average molecular weight is 355 g/mol. The zero-order valence-electron chi connectivity index (χ0n) is 15.2. The highest BCUT2D eigenvalue weighted by atomic mass is 19.1. The first-order chi connectivity index (χ1) is 12.7. The lowest BCUT2D eigenvalue weighted by Gasteiger charge is -2.35. The molecule has 0 aromatic heterocycles. The molecule has 2 atom stereocenters. The van der Waals surface area contributed by atoms with Gasteiger partial charge in [-0.3, -0.25) is 4.79 Å². The molecule has 1 saturated heterocycles. The Labute approximate surface area is 154 Å².